The Bertz CT molecular complexity index is 974. The van der Waals surface area contributed by atoms with Gasteiger partial charge < -0.3 is 9.64 Å². The van der Waals surface area contributed by atoms with Gasteiger partial charge in [0.05, 0.1) is 11.1 Å². The van der Waals surface area contributed by atoms with Crippen LogP contribution in [0.15, 0.2) is 36.4 Å². The van der Waals surface area contributed by atoms with Crippen LogP contribution in [0.3, 0.4) is 0 Å². The van der Waals surface area contributed by atoms with E-state index in [1.807, 2.05) is 0 Å². The maximum absolute atomic E-state index is 13.8. The third-order valence-electron chi connectivity index (χ3n) is 3.59. The zero-order chi connectivity index (χ0) is 18.1. The fourth-order valence-electron chi connectivity index (χ4n) is 2.31. The van der Waals surface area contributed by atoms with Gasteiger partial charge in [-0.2, -0.15) is 0 Å². The predicted octanol–water partition coefficient (Wildman–Crippen LogP) is 3.71. The van der Waals surface area contributed by atoms with Gasteiger partial charge in [0.2, 0.25) is 5.88 Å². The topological polar surface area (TPSA) is 55.3 Å². The Hall–Kier alpha value is -3.09. The van der Waals surface area contributed by atoms with E-state index in [0.29, 0.717) is 11.3 Å². The van der Waals surface area contributed by atoms with E-state index in [0.717, 1.165) is 6.07 Å². The molecule has 2 aromatic carbocycles. The van der Waals surface area contributed by atoms with Gasteiger partial charge in [0.25, 0.3) is 5.91 Å². The van der Waals surface area contributed by atoms with Gasteiger partial charge in [-0.3, -0.25) is 4.79 Å². The molecule has 3 aromatic rings. The number of hydrogen-bond donors (Lipinski definition) is 0. The zero-order valence-corrected chi connectivity index (χ0v) is 13.9. The summed E-state index contributed by atoms with van der Waals surface area (Å²) < 4.78 is 32.9. The summed E-state index contributed by atoms with van der Waals surface area (Å²) >= 11 is 0. The first-order valence-electron chi connectivity index (χ1n) is 7.49. The molecule has 0 atom stereocenters. The number of ether oxygens (including phenoxy) is 1. The summed E-state index contributed by atoms with van der Waals surface area (Å²) in [6.45, 7) is 1.57. The molecule has 1 amide bonds. The van der Waals surface area contributed by atoms with E-state index in [4.69, 9.17) is 4.74 Å². The van der Waals surface area contributed by atoms with Crippen LogP contribution in [0, 0.1) is 18.6 Å². The van der Waals surface area contributed by atoms with Crippen molar-refractivity contribution in [2.24, 2.45) is 0 Å². The number of amides is 1. The fourth-order valence-corrected chi connectivity index (χ4v) is 2.31. The number of carbonyl (C=O) groups excluding carboxylic acids is 1. The molecule has 1 aromatic heterocycles. The van der Waals surface area contributed by atoms with Crippen molar-refractivity contribution in [2.75, 3.05) is 14.1 Å². The summed E-state index contributed by atoms with van der Waals surface area (Å²) in [6, 6.07) is 9.02. The molecule has 0 N–H and O–H groups in total. The van der Waals surface area contributed by atoms with Gasteiger partial charge in [-0.15, -0.1) is 0 Å². The summed E-state index contributed by atoms with van der Waals surface area (Å²) in [5.41, 5.74) is 0.640. The third kappa shape index (κ3) is 3.13. The van der Waals surface area contributed by atoms with E-state index < -0.39 is 11.6 Å². The minimum absolute atomic E-state index is 0.123. The highest BCUT2D eigenvalue weighted by Crippen LogP contribution is 2.28. The van der Waals surface area contributed by atoms with Crippen molar-refractivity contribution in [3.63, 3.8) is 0 Å². The number of nitrogens with zero attached hydrogens (tertiary/aromatic N) is 3. The molecule has 128 valence electrons. The Morgan fingerprint density at radius 3 is 2.52 bits per heavy atom. The molecule has 0 unspecified atom stereocenters. The van der Waals surface area contributed by atoms with E-state index in [2.05, 4.69) is 9.97 Å². The molecular weight excluding hydrogens is 328 g/mol. The van der Waals surface area contributed by atoms with Gasteiger partial charge in [0, 0.05) is 14.1 Å². The first-order chi connectivity index (χ1) is 11.9. The van der Waals surface area contributed by atoms with Gasteiger partial charge in [0.1, 0.15) is 17.0 Å². The Labute approximate surface area is 142 Å². The maximum atomic E-state index is 13.8. The summed E-state index contributed by atoms with van der Waals surface area (Å²) in [5, 5.41) is 0. The van der Waals surface area contributed by atoms with Gasteiger partial charge in [-0.1, -0.05) is 12.1 Å². The van der Waals surface area contributed by atoms with Crippen molar-refractivity contribution in [3.05, 3.63) is 59.3 Å². The van der Waals surface area contributed by atoms with Crippen LogP contribution < -0.4 is 4.74 Å². The average molecular weight is 343 g/mol. The fraction of sp³-hybridized carbons (Fsp3) is 0.167. The lowest BCUT2D eigenvalue weighted by Gasteiger charge is -2.15. The van der Waals surface area contributed by atoms with Crippen molar-refractivity contribution >= 4 is 16.9 Å². The summed E-state index contributed by atoms with van der Waals surface area (Å²) in [7, 11) is 3.27. The highest BCUT2D eigenvalue weighted by Gasteiger charge is 2.18. The molecule has 0 aliphatic heterocycles. The maximum Gasteiger partial charge on any atom is 0.257 e. The molecule has 0 saturated carbocycles. The highest BCUT2D eigenvalue weighted by atomic mass is 19.2. The SMILES string of the molecule is Cc1nc2c(F)c(F)ccc2nc1Oc1ccccc1C(=O)N(C)C. The van der Waals surface area contributed by atoms with E-state index >= 15 is 0 Å². The lowest BCUT2D eigenvalue weighted by Crippen LogP contribution is -2.22. The van der Waals surface area contributed by atoms with Gasteiger partial charge in [-0.25, -0.2) is 18.7 Å². The quantitative estimate of drug-likeness (QED) is 0.727. The molecule has 0 fully saturated rings. The summed E-state index contributed by atoms with van der Waals surface area (Å²) in [6.07, 6.45) is 0. The second kappa shape index (κ2) is 6.43. The predicted molar refractivity (Wildman–Crippen MR) is 88.7 cm³/mol. The van der Waals surface area contributed by atoms with Crippen molar-refractivity contribution in [3.8, 4) is 11.6 Å². The monoisotopic (exact) mass is 343 g/mol. The zero-order valence-electron chi connectivity index (χ0n) is 13.9. The number of aromatic nitrogens is 2. The Morgan fingerprint density at radius 2 is 1.80 bits per heavy atom. The van der Waals surface area contributed by atoms with Crippen LogP contribution in [0.25, 0.3) is 11.0 Å². The van der Waals surface area contributed by atoms with Gasteiger partial charge >= 0.3 is 0 Å². The standard InChI is InChI=1S/C18H15F2N3O2/c1-10-17(22-13-9-8-12(19)15(20)16(13)21-10)25-14-7-5-4-6-11(14)18(24)23(2)3/h4-9H,1-3H3. The number of hydrogen-bond acceptors (Lipinski definition) is 4. The number of rotatable bonds is 3. The van der Waals surface area contributed by atoms with Crippen LogP contribution in [-0.2, 0) is 0 Å². The number of halogens is 2. The minimum Gasteiger partial charge on any atom is -0.436 e. The smallest absolute Gasteiger partial charge is 0.257 e. The van der Waals surface area contributed by atoms with Crippen molar-refractivity contribution in [1.82, 2.24) is 14.9 Å². The van der Waals surface area contributed by atoms with E-state index in [9.17, 15) is 13.6 Å². The molecule has 0 aliphatic rings. The van der Waals surface area contributed by atoms with E-state index in [1.54, 1.807) is 45.3 Å². The average Bonchev–Trinajstić information content (AvgIpc) is 2.59. The number of fused-ring (bicyclic) bond motifs is 1. The van der Waals surface area contributed by atoms with Crippen LogP contribution >= 0.6 is 0 Å². The Balaban J connectivity index is 2.06. The number of para-hydroxylation sites is 1. The van der Waals surface area contributed by atoms with Crippen LogP contribution in [-0.4, -0.2) is 34.9 Å². The first kappa shape index (κ1) is 16.8. The van der Waals surface area contributed by atoms with Gasteiger partial charge in [-0.05, 0) is 31.2 Å². The molecule has 0 aliphatic carbocycles. The molecule has 25 heavy (non-hydrogen) atoms. The molecule has 0 bridgehead atoms. The molecule has 3 rings (SSSR count). The molecule has 0 radical (unpaired) electrons. The number of carbonyl (C=O) groups is 1. The minimum atomic E-state index is -1.05. The lowest BCUT2D eigenvalue weighted by atomic mass is 10.2. The van der Waals surface area contributed by atoms with Crippen molar-refractivity contribution in [2.45, 2.75) is 6.92 Å². The van der Waals surface area contributed by atoms with Gasteiger partial charge in [0.15, 0.2) is 11.6 Å². The highest BCUT2D eigenvalue weighted by molar-refractivity contribution is 5.96. The van der Waals surface area contributed by atoms with Crippen molar-refractivity contribution in [1.29, 1.82) is 0 Å². The van der Waals surface area contributed by atoms with E-state index in [1.165, 1.54) is 11.0 Å². The van der Waals surface area contributed by atoms with E-state index in [-0.39, 0.29) is 28.5 Å². The second-order valence-electron chi connectivity index (χ2n) is 5.64. The third-order valence-corrected chi connectivity index (χ3v) is 3.59. The van der Waals surface area contributed by atoms with Crippen LogP contribution in [0.1, 0.15) is 16.1 Å². The summed E-state index contributed by atoms with van der Waals surface area (Å²) in [5.74, 6) is -1.84. The lowest BCUT2D eigenvalue weighted by molar-refractivity contribution is 0.0825. The largest absolute Gasteiger partial charge is 0.436 e. The normalized spacial score (nSPS) is 10.8. The molecule has 0 saturated heterocycles. The second-order valence-corrected chi connectivity index (χ2v) is 5.64. The van der Waals surface area contributed by atoms with Crippen LogP contribution in [0.4, 0.5) is 8.78 Å². The first-order valence-corrected chi connectivity index (χ1v) is 7.49. The Morgan fingerprint density at radius 1 is 1.08 bits per heavy atom. The molecular formula is C18H15F2N3O2. The van der Waals surface area contributed by atoms with Crippen LogP contribution in [0.2, 0.25) is 0 Å². The Kier molecular flexibility index (Phi) is 4.31. The van der Waals surface area contributed by atoms with Crippen molar-refractivity contribution < 1.29 is 18.3 Å². The molecule has 1 heterocycles. The number of aryl methyl sites for hydroxylation is 1. The molecule has 0 spiro atoms. The molecule has 7 heteroatoms. The summed E-state index contributed by atoms with van der Waals surface area (Å²) in [4.78, 5) is 21.9. The molecule has 5 nitrogen and oxygen atoms in total. The number of benzene rings is 2. The van der Waals surface area contributed by atoms with Crippen LogP contribution in [0.5, 0.6) is 11.6 Å².